The maximum atomic E-state index is 12.2. The smallest absolute Gasteiger partial charge is 0.407 e. The summed E-state index contributed by atoms with van der Waals surface area (Å²) in [5.41, 5.74) is 3.72. The van der Waals surface area contributed by atoms with Gasteiger partial charge in [-0.25, -0.2) is 4.79 Å². The van der Waals surface area contributed by atoms with Crippen LogP contribution in [0.4, 0.5) is 4.79 Å². The van der Waals surface area contributed by atoms with Gasteiger partial charge >= 0.3 is 12.1 Å². The van der Waals surface area contributed by atoms with Gasteiger partial charge in [0.1, 0.15) is 12.1 Å². The van der Waals surface area contributed by atoms with Gasteiger partial charge in [0.05, 0.1) is 19.6 Å². The molecule has 2 N–H and O–H groups in total. The predicted octanol–water partition coefficient (Wildman–Crippen LogP) is 2.77. The average Bonchev–Trinajstić information content (AvgIpc) is 2.92. The molecular formula is C20H19NO5. The summed E-state index contributed by atoms with van der Waals surface area (Å²) in [6.45, 7) is 0.566. The van der Waals surface area contributed by atoms with Gasteiger partial charge in [-0.3, -0.25) is 4.79 Å². The van der Waals surface area contributed by atoms with Crippen molar-refractivity contribution < 1.29 is 24.2 Å². The summed E-state index contributed by atoms with van der Waals surface area (Å²) >= 11 is 0. The van der Waals surface area contributed by atoms with Crippen molar-refractivity contribution in [3.05, 3.63) is 59.7 Å². The standard InChI is InChI=1S/C20H19NO5/c22-18(23)9-20(11-25-12-20)21-19(24)26-10-17-15-7-3-1-5-13(15)14-6-2-4-8-16(14)17/h1-8,17H,9-12H2,(H,21,24)(H,22,23). The number of aliphatic carboxylic acids is 1. The third kappa shape index (κ3) is 2.93. The van der Waals surface area contributed by atoms with Crippen LogP contribution in [0, 0.1) is 0 Å². The second-order valence-electron chi connectivity index (χ2n) is 6.79. The van der Waals surface area contributed by atoms with Gasteiger partial charge < -0.3 is 19.9 Å². The van der Waals surface area contributed by atoms with E-state index in [2.05, 4.69) is 17.4 Å². The fraction of sp³-hybridized carbons (Fsp3) is 0.300. The lowest BCUT2D eigenvalue weighted by atomic mass is 9.93. The number of nitrogens with one attached hydrogen (secondary N) is 1. The van der Waals surface area contributed by atoms with Crippen molar-refractivity contribution in [2.45, 2.75) is 17.9 Å². The summed E-state index contributed by atoms with van der Waals surface area (Å²) < 4.78 is 10.5. The summed E-state index contributed by atoms with van der Waals surface area (Å²) in [5.74, 6) is -1.01. The summed E-state index contributed by atoms with van der Waals surface area (Å²) in [6, 6.07) is 16.2. The highest BCUT2D eigenvalue weighted by Gasteiger charge is 2.42. The van der Waals surface area contributed by atoms with E-state index in [0.717, 1.165) is 22.3 Å². The number of carboxylic acids is 1. The number of benzene rings is 2. The number of carbonyl (C=O) groups is 2. The SMILES string of the molecule is O=C(O)CC1(NC(=O)OCC2c3ccccc3-c3ccccc32)COC1. The molecule has 2 aromatic carbocycles. The summed E-state index contributed by atoms with van der Waals surface area (Å²) in [5, 5.41) is 11.7. The lowest BCUT2D eigenvalue weighted by Gasteiger charge is -2.40. The highest BCUT2D eigenvalue weighted by molar-refractivity contribution is 5.79. The minimum atomic E-state index is -0.979. The molecule has 1 amide bonds. The first-order valence-corrected chi connectivity index (χ1v) is 8.51. The molecule has 1 fully saturated rings. The molecule has 6 nitrogen and oxygen atoms in total. The Morgan fingerprint density at radius 3 is 2.15 bits per heavy atom. The minimum Gasteiger partial charge on any atom is -0.481 e. The van der Waals surface area contributed by atoms with Gasteiger partial charge in [0.15, 0.2) is 0 Å². The predicted molar refractivity (Wildman–Crippen MR) is 94.0 cm³/mol. The van der Waals surface area contributed by atoms with Gasteiger partial charge in [-0.1, -0.05) is 48.5 Å². The molecule has 134 valence electrons. The van der Waals surface area contributed by atoms with Crippen LogP contribution in [0.1, 0.15) is 23.5 Å². The number of ether oxygens (including phenoxy) is 2. The summed E-state index contributed by atoms with van der Waals surface area (Å²) in [7, 11) is 0. The number of carbonyl (C=O) groups excluding carboxylic acids is 1. The second kappa shape index (κ2) is 6.46. The van der Waals surface area contributed by atoms with Crippen molar-refractivity contribution in [2.24, 2.45) is 0 Å². The Balaban J connectivity index is 1.46. The zero-order valence-electron chi connectivity index (χ0n) is 14.1. The molecule has 0 atom stereocenters. The van der Waals surface area contributed by atoms with E-state index in [-0.39, 0.29) is 32.2 Å². The number of carboxylic acid groups (broad SMARTS) is 1. The number of hydrogen-bond donors (Lipinski definition) is 2. The molecule has 0 saturated carbocycles. The Bertz CT molecular complexity index is 813. The van der Waals surface area contributed by atoms with Crippen LogP contribution >= 0.6 is 0 Å². The van der Waals surface area contributed by atoms with Gasteiger partial charge in [-0.15, -0.1) is 0 Å². The highest BCUT2D eigenvalue weighted by Crippen LogP contribution is 2.44. The van der Waals surface area contributed by atoms with Crippen molar-refractivity contribution in [3.8, 4) is 11.1 Å². The van der Waals surface area contributed by atoms with E-state index < -0.39 is 17.6 Å². The zero-order chi connectivity index (χ0) is 18.1. The maximum Gasteiger partial charge on any atom is 0.407 e. The summed E-state index contributed by atoms with van der Waals surface area (Å²) in [6.07, 6.45) is -0.798. The third-order valence-electron chi connectivity index (χ3n) is 4.96. The Labute approximate surface area is 150 Å². The fourth-order valence-electron chi connectivity index (χ4n) is 3.71. The first-order valence-electron chi connectivity index (χ1n) is 8.51. The molecule has 0 radical (unpaired) electrons. The number of alkyl carbamates (subject to hydrolysis) is 1. The fourth-order valence-corrected chi connectivity index (χ4v) is 3.71. The molecule has 0 spiro atoms. The average molecular weight is 353 g/mol. The quantitative estimate of drug-likeness (QED) is 0.863. The Hall–Kier alpha value is -2.86. The number of hydrogen-bond acceptors (Lipinski definition) is 4. The Morgan fingerprint density at radius 2 is 1.65 bits per heavy atom. The molecule has 2 aromatic rings. The summed E-state index contributed by atoms with van der Waals surface area (Å²) in [4.78, 5) is 23.2. The number of amides is 1. The van der Waals surface area contributed by atoms with Crippen molar-refractivity contribution in [1.82, 2.24) is 5.32 Å². The van der Waals surface area contributed by atoms with Crippen LogP contribution in [-0.2, 0) is 14.3 Å². The molecule has 0 unspecified atom stereocenters. The van der Waals surface area contributed by atoms with Crippen LogP contribution in [-0.4, -0.2) is 42.5 Å². The van der Waals surface area contributed by atoms with Crippen LogP contribution in [0.25, 0.3) is 11.1 Å². The van der Waals surface area contributed by atoms with E-state index in [1.807, 2.05) is 36.4 Å². The largest absolute Gasteiger partial charge is 0.481 e. The molecule has 1 aliphatic carbocycles. The topological polar surface area (TPSA) is 84.9 Å². The lowest BCUT2D eigenvalue weighted by molar-refractivity contribution is -0.146. The highest BCUT2D eigenvalue weighted by atomic mass is 16.6. The van der Waals surface area contributed by atoms with E-state index >= 15 is 0 Å². The molecule has 1 aliphatic heterocycles. The van der Waals surface area contributed by atoms with Crippen LogP contribution in [0.5, 0.6) is 0 Å². The molecule has 1 heterocycles. The molecule has 26 heavy (non-hydrogen) atoms. The Morgan fingerprint density at radius 1 is 1.08 bits per heavy atom. The second-order valence-corrected chi connectivity index (χ2v) is 6.79. The number of fused-ring (bicyclic) bond motifs is 3. The van der Waals surface area contributed by atoms with E-state index in [0.29, 0.717) is 0 Å². The van der Waals surface area contributed by atoms with Crippen molar-refractivity contribution >= 4 is 12.1 Å². The number of rotatable bonds is 5. The van der Waals surface area contributed by atoms with Crippen LogP contribution in [0.3, 0.4) is 0 Å². The van der Waals surface area contributed by atoms with Crippen LogP contribution < -0.4 is 5.32 Å². The van der Waals surface area contributed by atoms with Gasteiger partial charge in [0, 0.05) is 5.92 Å². The van der Waals surface area contributed by atoms with Gasteiger partial charge in [0.2, 0.25) is 0 Å². The van der Waals surface area contributed by atoms with Crippen LogP contribution in [0.15, 0.2) is 48.5 Å². The minimum absolute atomic E-state index is 0.0267. The first-order chi connectivity index (χ1) is 12.6. The molecule has 2 aliphatic rings. The molecule has 1 saturated heterocycles. The van der Waals surface area contributed by atoms with Crippen molar-refractivity contribution in [2.75, 3.05) is 19.8 Å². The molecular weight excluding hydrogens is 334 g/mol. The van der Waals surface area contributed by atoms with Gasteiger partial charge in [-0.05, 0) is 22.3 Å². The van der Waals surface area contributed by atoms with Gasteiger partial charge in [-0.2, -0.15) is 0 Å². The normalized spacial score (nSPS) is 16.9. The van der Waals surface area contributed by atoms with E-state index in [1.54, 1.807) is 0 Å². The lowest BCUT2D eigenvalue weighted by Crippen LogP contribution is -2.63. The van der Waals surface area contributed by atoms with Crippen LogP contribution in [0.2, 0.25) is 0 Å². The molecule has 0 bridgehead atoms. The van der Waals surface area contributed by atoms with E-state index in [1.165, 1.54) is 0 Å². The maximum absolute atomic E-state index is 12.2. The van der Waals surface area contributed by atoms with Crippen molar-refractivity contribution in [3.63, 3.8) is 0 Å². The van der Waals surface area contributed by atoms with E-state index in [9.17, 15) is 9.59 Å². The van der Waals surface area contributed by atoms with Gasteiger partial charge in [0.25, 0.3) is 0 Å². The first kappa shape index (κ1) is 16.6. The monoisotopic (exact) mass is 353 g/mol. The van der Waals surface area contributed by atoms with E-state index in [4.69, 9.17) is 14.6 Å². The molecule has 4 rings (SSSR count). The third-order valence-corrected chi connectivity index (χ3v) is 4.96. The zero-order valence-corrected chi connectivity index (χ0v) is 14.1. The van der Waals surface area contributed by atoms with Crippen molar-refractivity contribution in [1.29, 1.82) is 0 Å². The molecule has 0 aromatic heterocycles. The molecule has 6 heteroatoms. The Kier molecular flexibility index (Phi) is 4.12.